The normalized spacial score (nSPS) is 16.2. The number of hydrogen-bond acceptors (Lipinski definition) is 5. The lowest BCUT2D eigenvalue weighted by molar-refractivity contribution is 0.0697. The van der Waals surface area contributed by atoms with Crippen LogP contribution in [0.5, 0.6) is 0 Å². The number of rotatable bonds is 4. The molecule has 0 saturated heterocycles. The van der Waals surface area contributed by atoms with E-state index in [0.29, 0.717) is 26.4 Å². The number of thiazole rings is 1. The van der Waals surface area contributed by atoms with Gasteiger partial charge in [-0.25, -0.2) is 9.79 Å². The molecule has 3 aromatic carbocycles. The molecular weight excluding hydrogens is 520 g/mol. The number of allylic oxidation sites excluding steroid dienone is 1. The maximum absolute atomic E-state index is 13.9. The van der Waals surface area contributed by atoms with Crippen LogP contribution in [0, 0.1) is 6.92 Å². The van der Waals surface area contributed by atoms with Crippen molar-refractivity contribution in [3.8, 4) is 11.3 Å². The topological polar surface area (TPSA) is 84.8 Å². The van der Waals surface area contributed by atoms with Gasteiger partial charge in [0.25, 0.3) is 5.56 Å². The molecule has 3 heterocycles. The van der Waals surface area contributed by atoms with E-state index < -0.39 is 5.97 Å². The highest BCUT2D eigenvalue weighted by molar-refractivity contribution is 7.07. The van der Waals surface area contributed by atoms with Gasteiger partial charge < -0.3 is 9.52 Å². The van der Waals surface area contributed by atoms with E-state index in [4.69, 9.17) is 9.41 Å². The van der Waals surface area contributed by atoms with Crippen molar-refractivity contribution in [1.29, 1.82) is 0 Å². The van der Waals surface area contributed by atoms with Gasteiger partial charge in [-0.1, -0.05) is 72.0 Å². The molecule has 0 amide bonds. The summed E-state index contributed by atoms with van der Waals surface area (Å²) < 4.78 is 8.45. The molecule has 2 aliphatic rings. The van der Waals surface area contributed by atoms with E-state index in [1.165, 1.54) is 16.9 Å². The van der Waals surface area contributed by atoms with E-state index in [9.17, 15) is 14.7 Å². The van der Waals surface area contributed by atoms with Crippen molar-refractivity contribution in [2.75, 3.05) is 0 Å². The number of fused-ring (bicyclic) bond motifs is 3. The summed E-state index contributed by atoms with van der Waals surface area (Å²) in [6.07, 6.45) is 3.51. The van der Waals surface area contributed by atoms with Crippen molar-refractivity contribution in [3.63, 3.8) is 0 Å². The Hall–Kier alpha value is -4.75. The molecular formula is C33H24N2O4S. The zero-order chi connectivity index (χ0) is 27.4. The predicted octanol–water partition coefficient (Wildman–Crippen LogP) is 5.59. The molecule has 0 radical (unpaired) electrons. The first-order valence-electron chi connectivity index (χ1n) is 13.1. The van der Waals surface area contributed by atoms with Crippen LogP contribution in [-0.2, 0) is 6.42 Å². The summed E-state index contributed by atoms with van der Waals surface area (Å²) >= 11 is 1.36. The highest BCUT2D eigenvalue weighted by Crippen LogP contribution is 2.41. The molecule has 1 atom stereocenters. The number of carboxylic acid groups (broad SMARTS) is 1. The van der Waals surface area contributed by atoms with Gasteiger partial charge >= 0.3 is 5.97 Å². The lowest BCUT2D eigenvalue weighted by Gasteiger charge is -2.30. The van der Waals surface area contributed by atoms with Crippen LogP contribution in [0.15, 0.2) is 105 Å². The molecule has 0 bridgehead atoms. The molecule has 7 rings (SSSR count). The minimum Gasteiger partial charge on any atom is -0.478 e. The first-order chi connectivity index (χ1) is 19.5. The van der Waals surface area contributed by atoms with Crippen LogP contribution < -0.4 is 14.9 Å². The van der Waals surface area contributed by atoms with Gasteiger partial charge in [0.15, 0.2) is 4.80 Å². The second-order valence-electron chi connectivity index (χ2n) is 10.1. The Morgan fingerprint density at radius 3 is 2.62 bits per heavy atom. The smallest absolute Gasteiger partial charge is 0.335 e. The van der Waals surface area contributed by atoms with Gasteiger partial charge in [-0.05, 0) is 66.3 Å². The van der Waals surface area contributed by atoms with Gasteiger partial charge in [0, 0.05) is 17.2 Å². The first-order valence-corrected chi connectivity index (χ1v) is 13.9. The largest absolute Gasteiger partial charge is 0.478 e. The number of hydrogen-bond donors (Lipinski definition) is 1. The molecule has 0 unspecified atom stereocenters. The lowest BCUT2D eigenvalue weighted by Crippen LogP contribution is -2.38. The zero-order valence-electron chi connectivity index (χ0n) is 21.6. The first kappa shape index (κ1) is 24.3. The van der Waals surface area contributed by atoms with E-state index in [-0.39, 0.29) is 17.2 Å². The number of carboxylic acids is 1. The summed E-state index contributed by atoms with van der Waals surface area (Å²) in [5.74, 6) is 0.0760. The number of nitrogens with zero attached hydrogens (tertiary/aromatic N) is 2. The highest BCUT2D eigenvalue weighted by atomic mass is 32.1. The molecule has 0 spiro atoms. The van der Waals surface area contributed by atoms with E-state index >= 15 is 0 Å². The van der Waals surface area contributed by atoms with Crippen LogP contribution in [0.4, 0.5) is 0 Å². The quantitative estimate of drug-likeness (QED) is 0.320. The molecule has 0 fully saturated rings. The summed E-state index contributed by atoms with van der Waals surface area (Å²) in [4.78, 5) is 31.1. The maximum atomic E-state index is 13.9. The molecule has 40 heavy (non-hydrogen) atoms. The standard InChI is InChI=1S/C33H24N2O4S/c1-19-11-12-22(32(37)38)17-26(19)27-16-14-23(39-27)18-28-31(36)35-30(21-8-3-2-4-9-21)25-15-13-20-7-5-6-10-24(20)29(25)34-33(35)40-28/h2-12,14,16-18,30H,13,15H2,1H3,(H,37,38)/b28-18-/t30-/m0/s1. The highest BCUT2D eigenvalue weighted by Gasteiger charge is 2.32. The average molecular weight is 545 g/mol. The Bertz CT molecular complexity index is 2030. The summed E-state index contributed by atoms with van der Waals surface area (Å²) in [6.45, 7) is 1.91. The van der Waals surface area contributed by atoms with E-state index in [1.54, 1.807) is 36.4 Å². The van der Waals surface area contributed by atoms with Crippen LogP contribution in [0.1, 0.15) is 50.8 Å². The van der Waals surface area contributed by atoms with Crippen LogP contribution in [0.2, 0.25) is 0 Å². The monoisotopic (exact) mass is 544 g/mol. The molecule has 0 saturated carbocycles. The summed E-state index contributed by atoms with van der Waals surface area (Å²) in [7, 11) is 0. The Morgan fingerprint density at radius 1 is 1.00 bits per heavy atom. The molecule has 196 valence electrons. The second-order valence-corrected chi connectivity index (χ2v) is 11.1. The number of furan rings is 1. The van der Waals surface area contributed by atoms with Crippen LogP contribution in [0.25, 0.3) is 23.1 Å². The third kappa shape index (κ3) is 3.98. The SMILES string of the molecule is Cc1ccc(C(=O)O)cc1-c1ccc(/C=c2\sc3n(c2=O)[C@@H](c2ccccc2)C2=C(N=3)c3ccccc3CC2)o1. The molecule has 2 aromatic heterocycles. The van der Waals surface area contributed by atoms with Gasteiger partial charge in [-0.15, -0.1) is 0 Å². The Labute approximate surface area is 233 Å². The fourth-order valence-corrected chi connectivity index (χ4v) is 6.66. The van der Waals surface area contributed by atoms with Crippen molar-refractivity contribution in [2.24, 2.45) is 4.99 Å². The fourth-order valence-electron chi connectivity index (χ4n) is 5.68. The average Bonchev–Trinajstić information content (AvgIpc) is 3.56. The van der Waals surface area contributed by atoms with Crippen molar-refractivity contribution < 1.29 is 14.3 Å². The van der Waals surface area contributed by atoms with E-state index in [1.807, 2.05) is 35.8 Å². The zero-order valence-corrected chi connectivity index (χ0v) is 22.4. The van der Waals surface area contributed by atoms with Crippen molar-refractivity contribution in [3.05, 3.63) is 144 Å². The summed E-state index contributed by atoms with van der Waals surface area (Å²) in [6, 6.07) is 26.9. The van der Waals surface area contributed by atoms with Gasteiger partial charge in [0.05, 0.1) is 21.8 Å². The molecule has 7 heteroatoms. The van der Waals surface area contributed by atoms with E-state index in [0.717, 1.165) is 40.8 Å². The van der Waals surface area contributed by atoms with E-state index in [2.05, 4.69) is 30.3 Å². The number of aromatic nitrogens is 1. The molecule has 5 aromatic rings. The number of carbonyl (C=O) groups is 1. The molecule has 1 aliphatic carbocycles. The Kier molecular flexibility index (Phi) is 5.75. The molecule has 6 nitrogen and oxygen atoms in total. The molecule has 1 aliphatic heterocycles. The minimum atomic E-state index is -0.993. The van der Waals surface area contributed by atoms with Crippen LogP contribution >= 0.6 is 11.3 Å². The van der Waals surface area contributed by atoms with Gasteiger partial charge in [0.1, 0.15) is 11.5 Å². The van der Waals surface area contributed by atoms with Gasteiger partial charge in [-0.2, -0.15) is 0 Å². The van der Waals surface area contributed by atoms with Crippen molar-refractivity contribution in [2.45, 2.75) is 25.8 Å². The predicted molar refractivity (Wildman–Crippen MR) is 155 cm³/mol. The van der Waals surface area contributed by atoms with Gasteiger partial charge in [0.2, 0.25) is 0 Å². The molecule has 1 N–H and O–H groups in total. The lowest BCUT2D eigenvalue weighted by atomic mass is 9.83. The summed E-state index contributed by atoms with van der Waals surface area (Å²) in [5, 5.41) is 9.41. The number of benzene rings is 3. The Morgan fingerprint density at radius 2 is 1.80 bits per heavy atom. The maximum Gasteiger partial charge on any atom is 0.335 e. The fraction of sp³-hybridized carbons (Fsp3) is 0.121. The third-order valence-electron chi connectivity index (χ3n) is 7.64. The van der Waals surface area contributed by atoms with Gasteiger partial charge in [-0.3, -0.25) is 9.36 Å². The van der Waals surface area contributed by atoms with Crippen LogP contribution in [0.3, 0.4) is 0 Å². The Balaban J connectivity index is 1.38. The number of aromatic carboxylic acids is 1. The summed E-state index contributed by atoms with van der Waals surface area (Å²) in [5.41, 5.74) is 7.30. The van der Waals surface area contributed by atoms with Crippen LogP contribution in [-0.4, -0.2) is 15.6 Å². The van der Waals surface area contributed by atoms with Crippen molar-refractivity contribution >= 4 is 29.1 Å². The minimum absolute atomic E-state index is 0.106. The number of aryl methyl sites for hydroxylation is 2. The second kappa shape index (κ2) is 9.47. The third-order valence-corrected chi connectivity index (χ3v) is 8.62. The van der Waals surface area contributed by atoms with Crippen molar-refractivity contribution in [1.82, 2.24) is 4.57 Å².